The van der Waals surface area contributed by atoms with Crippen molar-refractivity contribution < 1.29 is 71.4 Å². The Balaban J connectivity index is 0.000000238. The van der Waals surface area contributed by atoms with Crippen molar-refractivity contribution in [3.05, 3.63) is 135 Å². The van der Waals surface area contributed by atoms with E-state index >= 15 is 0 Å². The minimum atomic E-state index is -5.36. The number of nitrogens with zero attached hydrogens (tertiary/aromatic N) is 2. The molecule has 0 aliphatic carbocycles. The average Bonchev–Trinajstić information content (AvgIpc) is 3.19. The monoisotopic (exact) mass is 908 g/mol. The molecule has 2 unspecified atom stereocenters. The first kappa shape index (κ1) is 48.7. The van der Waals surface area contributed by atoms with E-state index in [9.17, 15) is 66.7 Å². The van der Waals surface area contributed by atoms with Gasteiger partial charge in [0.25, 0.3) is 11.8 Å². The number of benzene rings is 4. The van der Waals surface area contributed by atoms with E-state index in [0.717, 1.165) is 13.7 Å². The van der Waals surface area contributed by atoms with Crippen LogP contribution < -0.4 is 15.4 Å². The largest absolute Gasteiger partial charge is 0.496 e. The summed E-state index contributed by atoms with van der Waals surface area (Å²) >= 11 is 0. The lowest BCUT2D eigenvalue weighted by molar-refractivity contribution is -0.145. The highest BCUT2D eigenvalue weighted by atomic mass is 19.4. The van der Waals surface area contributed by atoms with E-state index in [1.807, 2.05) is 16.8 Å². The third-order valence-electron chi connectivity index (χ3n) is 10.9. The number of likely N-dealkylation sites (tertiary alicyclic amines) is 2. The Morgan fingerprint density at radius 3 is 1.32 bits per heavy atom. The number of ether oxygens (including phenoxy) is 1. The summed E-state index contributed by atoms with van der Waals surface area (Å²) in [5.41, 5.74) is -10.3. The topological polar surface area (TPSA) is 73.9 Å². The summed E-state index contributed by atoms with van der Waals surface area (Å²) < 4.78 is 179. The molecule has 0 aromatic heterocycles. The Bertz CT molecular complexity index is 2250. The molecular weight excluding hydrogens is 867 g/mol. The molecule has 2 amide bonds. The van der Waals surface area contributed by atoms with Gasteiger partial charge < -0.3 is 25.2 Å². The van der Waals surface area contributed by atoms with E-state index in [1.165, 1.54) is 0 Å². The molecule has 2 saturated heterocycles. The molecule has 0 saturated carbocycles. The van der Waals surface area contributed by atoms with Crippen LogP contribution in [-0.2, 0) is 35.8 Å². The van der Waals surface area contributed by atoms with Crippen LogP contribution in [0, 0.1) is 5.82 Å². The number of piperidine rings is 2. The fourth-order valence-corrected chi connectivity index (χ4v) is 8.06. The van der Waals surface area contributed by atoms with E-state index in [1.54, 1.807) is 67.7 Å². The van der Waals surface area contributed by atoms with Gasteiger partial charge in [0.1, 0.15) is 11.6 Å². The second kappa shape index (κ2) is 18.4. The van der Waals surface area contributed by atoms with Gasteiger partial charge in [-0.25, -0.2) is 4.39 Å². The second-order valence-corrected chi connectivity index (χ2v) is 15.5. The Morgan fingerprint density at radius 2 is 0.952 bits per heavy atom. The minimum absolute atomic E-state index is 0.0559. The van der Waals surface area contributed by atoms with E-state index < -0.39 is 92.5 Å². The Labute approximate surface area is 353 Å². The number of alkyl halides is 12. The van der Waals surface area contributed by atoms with Crippen molar-refractivity contribution in [2.75, 3.05) is 47.4 Å². The molecule has 2 N–H and O–H groups in total. The Hall–Kier alpha value is -5.37. The molecule has 342 valence electrons. The quantitative estimate of drug-likeness (QED) is 0.181. The average molecular weight is 909 g/mol. The number of hydrogen-bond acceptors (Lipinski definition) is 5. The number of nitrogens with one attached hydrogen (secondary N) is 2. The smallest absolute Gasteiger partial charge is 0.417 e. The molecule has 4 aromatic carbocycles. The van der Waals surface area contributed by atoms with Gasteiger partial charge in [-0.2, -0.15) is 52.7 Å². The van der Waals surface area contributed by atoms with Crippen molar-refractivity contribution in [1.82, 2.24) is 20.4 Å². The molecule has 6 rings (SSSR count). The number of halogens is 13. The van der Waals surface area contributed by atoms with E-state index in [2.05, 4.69) is 10.6 Å². The molecule has 0 radical (unpaired) electrons. The van der Waals surface area contributed by atoms with Gasteiger partial charge in [0.05, 0.1) is 51.6 Å². The molecule has 2 aliphatic heterocycles. The van der Waals surface area contributed by atoms with Gasteiger partial charge in [0.15, 0.2) is 0 Å². The highest BCUT2D eigenvalue weighted by molar-refractivity contribution is 5.99. The van der Waals surface area contributed by atoms with Gasteiger partial charge in [-0.05, 0) is 88.3 Å². The molecule has 2 heterocycles. The van der Waals surface area contributed by atoms with E-state index in [4.69, 9.17) is 4.74 Å². The first-order chi connectivity index (χ1) is 29.2. The van der Waals surface area contributed by atoms with Crippen molar-refractivity contribution >= 4 is 11.8 Å². The number of hydrogen-bond donors (Lipinski definition) is 2. The SMILES string of the molecule is CN1CCCC(NC(=O)c2c(F)cc(C(F)(F)F)cc2C(F)(F)F)(c2ccccc2)C1.COc1cc(C(F)(F)F)cc(C(F)(F)F)c1C(=O)NC1(c2ccccc2)CCCN(C)C1. The van der Waals surface area contributed by atoms with Crippen LogP contribution in [0.15, 0.2) is 84.9 Å². The maximum absolute atomic E-state index is 14.5. The molecule has 2 atom stereocenters. The molecule has 20 heteroatoms. The number of rotatable bonds is 7. The number of methoxy groups -OCH3 is 1. The standard InChI is InChI=1S/C22H22F6N2O2.C21H19F7N2O/c1-30-10-6-9-20(13-30,14-7-4-3-5-8-14)29-19(31)18-16(22(26,27)28)11-15(21(23,24)25)12-17(18)32-2;1-30-9-5-8-19(12-30,13-6-3-2-4-7-13)29-18(31)17-15(21(26,27)28)10-14(11-16(17)22)20(23,24)25/h3-5,7-8,11-12H,6,9-10,13H2,1-2H3,(H,29,31);2-4,6-7,10-11H,5,8-9,12H2,1H3,(H,29,31). The predicted octanol–water partition coefficient (Wildman–Crippen LogP) is 10.3. The molecule has 0 spiro atoms. The highest BCUT2D eigenvalue weighted by Crippen LogP contribution is 2.43. The lowest BCUT2D eigenvalue weighted by atomic mass is 9.82. The zero-order chi connectivity index (χ0) is 46.8. The highest BCUT2D eigenvalue weighted by Gasteiger charge is 2.46. The third-order valence-corrected chi connectivity index (χ3v) is 10.9. The molecule has 63 heavy (non-hydrogen) atoms. The van der Waals surface area contributed by atoms with Crippen molar-refractivity contribution in [1.29, 1.82) is 0 Å². The summed E-state index contributed by atoms with van der Waals surface area (Å²) in [6, 6.07) is 17.3. The first-order valence-corrected chi connectivity index (χ1v) is 19.2. The molecule has 2 aliphatic rings. The molecular formula is C43H41F13N4O3. The van der Waals surface area contributed by atoms with Gasteiger partial charge >= 0.3 is 24.7 Å². The van der Waals surface area contributed by atoms with Crippen LogP contribution in [0.5, 0.6) is 5.75 Å². The van der Waals surface area contributed by atoms with Crippen LogP contribution in [-0.4, -0.2) is 69.0 Å². The van der Waals surface area contributed by atoms with Crippen LogP contribution >= 0.6 is 0 Å². The molecule has 2 fully saturated rings. The van der Waals surface area contributed by atoms with Gasteiger partial charge in [-0.3, -0.25) is 9.59 Å². The van der Waals surface area contributed by atoms with Crippen LogP contribution in [0.3, 0.4) is 0 Å². The third kappa shape index (κ3) is 11.2. The Kier molecular flexibility index (Phi) is 14.2. The van der Waals surface area contributed by atoms with Crippen LogP contribution in [0.25, 0.3) is 0 Å². The number of carbonyl (C=O) groups is 2. The summed E-state index contributed by atoms with van der Waals surface area (Å²) in [5.74, 6) is -5.25. The van der Waals surface area contributed by atoms with Crippen molar-refractivity contribution in [3.63, 3.8) is 0 Å². The maximum Gasteiger partial charge on any atom is 0.417 e. The minimum Gasteiger partial charge on any atom is -0.496 e. The maximum atomic E-state index is 14.5. The van der Waals surface area contributed by atoms with Crippen molar-refractivity contribution in [3.8, 4) is 5.75 Å². The summed E-state index contributed by atoms with van der Waals surface area (Å²) in [6.45, 7) is 1.99. The van der Waals surface area contributed by atoms with Crippen molar-refractivity contribution in [2.24, 2.45) is 0 Å². The van der Waals surface area contributed by atoms with E-state index in [-0.39, 0.29) is 24.7 Å². The zero-order valence-corrected chi connectivity index (χ0v) is 33.8. The normalized spacial score (nSPS) is 20.3. The Morgan fingerprint density at radius 1 is 0.571 bits per heavy atom. The van der Waals surface area contributed by atoms with Crippen LogP contribution in [0.1, 0.15) is 79.8 Å². The number of amides is 2. The van der Waals surface area contributed by atoms with Gasteiger partial charge in [0, 0.05) is 13.1 Å². The second-order valence-electron chi connectivity index (χ2n) is 15.5. The number of likely N-dealkylation sites (N-methyl/N-ethyl adjacent to an activating group) is 2. The predicted molar refractivity (Wildman–Crippen MR) is 204 cm³/mol. The summed E-state index contributed by atoms with van der Waals surface area (Å²) in [4.78, 5) is 29.9. The molecule has 7 nitrogen and oxygen atoms in total. The lowest BCUT2D eigenvalue weighted by Crippen LogP contribution is -2.55. The van der Waals surface area contributed by atoms with Crippen molar-refractivity contribution in [2.45, 2.75) is 61.5 Å². The molecule has 0 bridgehead atoms. The van der Waals surface area contributed by atoms with Crippen LogP contribution in [0.2, 0.25) is 0 Å². The van der Waals surface area contributed by atoms with Gasteiger partial charge in [0.2, 0.25) is 0 Å². The lowest BCUT2D eigenvalue weighted by Gasteiger charge is -2.42. The fourth-order valence-electron chi connectivity index (χ4n) is 8.06. The summed E-state index contributed by atoms with van der Waals surface area (Å²) in [5, 5.41) is 5.20. The van der Waals surface area contributed by atoms with Gasteiger partial charge in [-0.1, -0.05) is 60.7 Å². The fraction of sp³-hybridized carbons (Fsp3) is 0.395. The summed E-state index contributed by atoms with van der Waals surface area (Å²) in [6.07, 6.45) is -18.7. The van der Waals surface area contributed by atoms with Crippen LogP contribution in [0.4, 0.5) is 57.1 Å². The molecule has 4 aromatic rings. The van der Waals surface area contributed by atoms with Gasteiger partial charge in [-0.15, -0.1) is 0 Å². The van der Waals surface area contributed by atoms with E-state index in [0.29, 0.717) is 56.0 Å². The first-order valence-electron chi connectivity index (χ1n) is 19.2. The zero-order valence-electron chi connectivity index (χ0n) is 33.8. The summed E-state index contributed by atoms with van der Waals surface area (Å²) in [7, 11) is 4.51. The number of carbonyl (C=O) groups excluding carboxylic acids is 2.